The van der Waals surface area contributed by atoms with E-state index >= 15 is 0 Å². The van der Waals surface area contributed by atoms with E-state index in [1.54, 1.807) is 0 Å². The van der Waals surface area contributed by atoms with Crippen molar-refractivity contribution >= 4 is 5.96 Å². The maximum atomic E-state index is 5.06. The first-order valence-electron chi connectivity index (χ1n) is 9.66. The van der Waals surface area contributed by atoms with Crippen molar-refractivity contribution in [3.05, 3.63) is 0 Å². The van der Waals surface area contributed by atoms with E-state index in [-0.39, 0.29) is 12.4 Å². The number of rotatable bonds is 12. The van der Waals surface area contributed by atoms with E-state index in [2.05, 4.69) is 46.7 Å². The first-order chi connectivity index (χ1) is 10.6. The summed E-state index contributed by atoms with van der Waals surface area (Å²) in [6, 6.07) is 0. The Kier molecular flexibility index (Phi) is 16.6. The van der Waals surface area contributed by atoms with E-state index in [0.29, 0.717) is 0 Å². The monoisotopic (exact) mass is 347 g/mol. The van der Waals surface area contributed by atoms with Crippen LogP contribution in [0.25, 0.3) is 0 Å². The Labute approximate surface area is 152 Å². The summed E-state index contributed by atoms with van der Waals surface area (Å²) >= 11 is 0. The highest BCUT2D eigenvalue weighted by Gasteiger charge is 2.34. The summed E-state index contributed by atoms with van der Waals surface area (Å²) in [6.07, 6.45) is 10.1. The van der Waals surface area contributed by atoms with E-state index < -0.39 is 0 Å². The van der Waals surface area contributed by atoms with Gasteiger partial charge < -0.3 is 17.3 Å². The predicted molar refractivity (Wildman–Crippen MR) is 100 cm³/mol. The van der Waals surface area contributed by atoms with Gasteiger partial charge in [-0.3, -0.25) is 4.48 Å². The number of nitrogens with zero attached hydrogens (tertiary/aromatic N) is 3. The number of hydrogen-bond acceptors (Lipinski definition) is 1. The molecule has 0 saturated carbocycles. The fourth-order valence-electron chi connectivity index (χ4n) is 3.07. The molecule has 140 valence electrons. The highest BCUT2D eigenvalue weighted by Crippen LogP contribution is 2.18. The molecule has 0 amide bonds. The van der Waals surface area contributed by atoms with Crippen LogP contribution in [0.3, 0.4) is 0 Å². The van der Waals surface area contributed by atoms with Gasteiger partial charge in [0.05, 0.1) is 19.6 Å². The molecule has 0 fully saturated rings. The molecule has 0 aromatic heterocycles. The molecule has 23 heavy (non-hydrogen) atoms. The molecule has 0 atom stereocenters. The second-order valence-corrected chi connectivity index (χ2v) is 6.81. The SMILES string of the molecule is CCCCN=C(N(C)C)[N+](CCCC)(CCCC)CCCC.[Cl-]. The van der Waals surface area contributed by atoms with Gasteiger partial charge in [-0.1, -0.05) is 53.4 Å². The first-order valence-corrected chi connectivity index (χ1v) is 9.66. The van der Waals surface area contributed by atoms with Gasteiger partial charge >= 0.3 is 0 Å². The maximum absolute atomic E-state index is 5.06. The number of quaternary nitrogens is 1. The largest absolute Gasteiger partial charge is 1.00 e. The van der Waals surface area contributed by atoms with Crippen LogP contribution in [-0.4, -0.2) is 55.6 Å². The van der Waals surface area contributed by atoms with E-state index in [1.165, 1.54) is 77.0 Å². The summed E-state index contributed by atoms with van der Waals surface area (Å²) in [4.78, 5) is 7.35. The van der Waals surface area contributed by atoms with Gasteiger partial charge in [0.2, 0.25) is 0 Å². The lowest BCUT2D eigenvalue weighted by Crippen LogP contribution is -3.00. The lowest BCUT2D eigenvalue weighted by molar-refractivity contribution is -0.848. The molecule has 0 aromatic rings. The Morgan fingerprint density at radius 3 is 1.43 bits per heavy atom. The molecule has 0 N–H and O–H groups in total. The number of guanidine groups is 1. The quantitative estimate of drug-likeness (QED) is 0.228. The highest BCUT2D eigenvalue weighted by molar-refractivity contribution is 5.72. The van der Waals surface area contributed by atoms with Crippen molar-refractivity contribution in [2.45, 2.75) is 79.1 Å². The Balaban J connectivity index is 0. The number of halogens is 1. The van der Waals surface area contributed by atoms with E-state index in [1.807, 2.05) is 0 Å². The molecule has 0 bridgehead atoms. The summed E-state index contributed by atoms with van der Waals surface area (Å²) in [5.41, 5.74) is 0. The van der Waals surface area contributed by atoms with Crippen molar-refractivity contribution in [3.63, 3.8) is 0 Å². The molecular weight excluding hydrogens is 306 g/mol. The normalized spacial score (nSPS) is 12.2. The van der Waals surface area contributed by atoms with E-state index in [0.717, 1.165) is 11.0 Å². The van der Waals surface area contributed by atoms with Crippen LogP contribution < -0.4 is 12.4 Å². The fraction of sp³-hybridized carbons (Fsp3) is 0.947. The maximum Gasteiger partial charge on any atom is 0.299 e. The van der Waals surface area contributed by atoms with Crippen LogP contribution in [0.4, 0.5) is 0 Å². The van der Waals surface area contributed by atoms with Gasteiger partial charge in [0.15, 0.2) is 0 Å². The minimum Gasteiger partial charge on any atom is -1.00 e. The molecule has 4 heteroatoms. The van der Waals surface area contributed by atoms with Gasteiger partial charge in [0.1, 0.15) is 0 Å². The number of hydrogen-bond donors (Lipinski definition) is 0. The Hall–Kier alpha value is -0.280. The van der Waals surface area contributed by atoms with Crippen LogP contribution in [0, 0.1) is 0 Å². The second-order valence-electron chi connectivity index (χ2n) is 6.81. The van der Waals surface area contributed by atoms with E-state index in [9.17, 15) is 0 Å². The number of aliphatic imine (C=N–C) groups is 1. The number of unbranched alkanes of at least 4 members (excludes halogenated alkanes) is 4. The average molecular weight is 348 g/mol. The zero-order valence-electron chi connectivity index (χ0n) is 16.7. The molecule has 0 spiro atoms. The van der Waals surface area contributed by atoms with Crippen LogP contribution in [0.5, 0.6) is 0 Å². The summed E-state index contributed by atoms with van der Waals surface area (Å²) in [5, 5.41) is 0. The standard InChI is InChI=1S/C19H42N3.ClH/c1-7-11-15-20-19(21(5)6)22(16-12-8-2,17-13-9-3)18-14-10-4;/h7-18H2,1-6H3;1H/q+1;/p-1. The van der Waals surface area contributed by atoms with Gasteiger partial charge in [0, 0.05) is 20.6 Å². The average Bonchev–Trinajstić information content (AvgIpc) is 2.51. The van der Waals surface area contributed by atoms with Crippen LogP contribution in [-0.2, 0) is 0 Å². The van der Waals surface area contributed by atoms with Crippen molar-refractivity contribution in [1.29, 1.82) is 0 Å². The van der Waals surface area contributed by atoms with Crippen molar-refractivity contribution in [1.82, 2.24) is 4.90 Å². The van der Waals surface area contributed by atoms with Crippen molar-refractivity contribution in [2.24, 2.45) is 4.99 Å². The zero-order valence-corrected chi connectivity index (χ0v) is 17.5. The molecule has 0 unspecified atom stereocenters. The third-order valence-electron chi connectivity index (χ3n) is 4.41. The molecule has 0 rings (SSSR count). The zero-order chi connectivity index (χ0) is 16.8. The van der Waals surface area contributed by atoms with Crippen LogP contribution >= 0.6 is 0 Å². The molecule has 3 nitrogen and oxygen atoms in total. The summed E-state index contributed by atoms with van der Waals surface area (Å²) in [7, 11) is 4.36. The molecular formula is C19H42ClN3. The molecule has 0 radical (unpaired) electrons. The minimum absolute atomic E-state index is 0. The lowest BCUT2D eigenvalue weighted by Gasteiger charge is -2.41. The van der Waals surface area contributed by atoms with Crippen molar-refractivity contribution < 1.29 is 16.9 Å². The van der Waals surface area contributed by atoms with Gasteiger partial charge in [-0.2, -0.15) is 0 Å². The third-order valence-corrected chi connectivity index (χ3v) is 4.41. The predicted octanol–water partition coefficient (Wildman–Crippen LogP) is 1.93. The third kappa shape index (κ3) is 9.56. The van der Waals surface area contributed by atoms with Gasteiger partial charge in [-0.05, 0) is 25.7 Å². The Morgan fingerprint density at radius 1 is 0.739 bits per heavy atom. The first kappa shape index (κ1) is 25.0. The molecule has 0 aliphatic heterocycles. The Morgan fingerprint density at radius 2 is 1.13 bits per heavy atom. The van der Waals surface area contributed by atoms with Crippen LogP contribution in [0.2, 0.25) is 0 Å². The minimum atomic E-state index is 0. The molecule has 0 heterocycles. The molecule has 0 aliphatic rings. The van der Waals surface area contributed by atoms with Crippen molar-refractivity contribution in [2.75, 3.05) is 40.3 Å². The van der Waals surface area contributed by atoms with Crippen LogP contribution in [0.1, 0.15) is 79.1 Å². The lowest BCUT2D eigenvalue weighted by atomic mass is 10.1. The summed E-state index contributed by atoms with van der Waals surface area (Å²) in [5.74, 6) is 1.32. The smallest absolute Gasteiger partial charge is 0.299 e. The molecule has 0 aliphatic carbocycles. The fourth-order valence-corrected chi connectivity index (χ4v) is 3.07. The van der Waals surface area contributed by atoms with Crippen molar-refractivity contribution in [3.8, 4) is 0 Å². The summed E-state index contributed by atoms with van der Waals surface area (Å²) < 4.78 is 1.10. The van der Waals surface area contributed by atoms with E-state index in [4.69, 9.17) is 4.99 Å². The van der Waals surface area contributed by atoms with Gasteiger partial charge in [-0.15, -0.1) is 0 Å². The van der Waals surface area contributed by atoms with Gasteiger partial charge in [-0.25, -0.2) is 4.99 Å². The second kappa shape index (κ2) is 15.3. The van der Waals surface area contributed by atoms with Gasteiger partial charge in [0.25, 0.3) is 5.96 Å². The highest BCUT2D eigenvalue weighted by atomic mass is 35.5. The molecule has 0 saturated heterocycles. The topological polar surface area (TPSA) is 15.6 Å². The summed E-state index contributed by atoms with van der Waals surface area (Å²) in [6.45, 7) is 13.9. The molecule has 0 aromatic carbocycles. The van der Waals surface area contributed by atoms with Crippen LogP contribution in [0.15, 0.2) is 4.99 Å². The Bertz CT molecular complexity index is 269.